The number of ether oxygens (including phenoxy) is 1. The number of carbonyl (C=O) groups excluding carboxylic acids is 1. The van der Waals surface area contributed by atoms with E-state index in [-0.39, 0.29) is 12.5 Å². The normalized spacial score (nSPS) is 13.6. The number of benzene rings is 2. The van der Waals surface area contributed by atoms with Crippen molar-refractivity contribution in [3.05, 3.63) is 57.6 Å². The molecule has 0 atom stereocenters. The molecule has 0 unspecified atom stereocenters. The van der Waals surface area contributed by atoms with Crippen molar-refractivity contribution in [3.8, 4) is 5.75 Å². The van der Waals surface area contributed by atoms with Crippen LogP contribution in [-0.2, 0) is 11.2 Å². The van der Waals surface area contributed by atoms with E-state index in [4.69, 9.17) is 4.74 Å². The highest BCUT2D eigenvalue weighted by atomic mass is 79.9. The molecular formula is C19H20BrNO2. The molecule has 0 fully saturated rings. The Labute approximate surface area is 145 Å². The van der Waals surface area contributed by atoms with Crippen LogP contribution in [0.5, 0.6) is 5.75 Å². The maximum Gasteiger partial charge on any atom is 0.264 e. The minimum Gasteiger partial charge on any atom is -0.483 e. The van der Waals surface area contributed by atoms with Gasteiger partial charge in [0.15, 0.2) is 6.61 Å². The molecule has 1 heterocycles. The van der Waals surface area contributed by atoms with Gasteiger partial charge in [-0.05, 0) is 61.6 Å². The first kappa shape index (κ1) is 16.1. The molecule has 0 N–H and O–H groups in total. The Morgan fingerprint density at radius 3 is 2.65 bits per heavy atom. The molecule has 2 aromatic carbocycles. The molecule has 0 saturated heterocycles. The van der Waals surface area contributed by atoms with Crippen molar-refractivity contribution in [1.82, 2.24) is 0 Å². The van der Waals surface area contributed by atoms with E-state index in [1.165, 1.54) is 5.56 Å². The average Bonchev–Trinajstić information content (AvgIpc) is 2.53. The Bertz CT molecular complexity index is 719. The van der Waals surface area contributed by atoms with Crippen molar-refractivity contribution in [2.45, 2.75) is 26.7 Å². The number of fused-ring (bicyclic) bond motifs is 1. The molecule has 1 amide bonds. The van der Waals surface area contributed by atoms with E-state index >= 15 is 0 Å². The molecule has 0 radical (unpaired) electrons. The maximum absolute atomic E-state index is 12.6. The van der Waals surface area contributed by atoms with Gasteiger partial charge in [0, 0.05) is 16.7 Å². The van der Waals surface area contributed by atoms with Crippen LogP contribution in [0.25, 0.3) is 0 Å². The first-order chi connectivity index (χ1) is 11.1. The maximum atomic E-state index is 12.6. The molecule has 4 heteroatoms. The zero-order valence-electron chi connectivity index (χ0n) is 13.4. The average molecular weight is 374 g/mol. The van der Waals surface area contributed by atoms with E-state index in [0.717, 1.165) is 46.4 Å². The standard InChI is InChI=1S/C19H20BrNO2/c1-13-10-16(20)11-14(2)19(13)23-12-18(22)21-9-5-7-15-6-3-4-8-17(15)21/h3-4,6,8,10-11H,5,7,9,12H2,1-2H3. The predicted molar refractivity (Wildman–Crippen MR) is 96.2 cm³/mol. The zero-order valence-corrected chi connectivity index (χ0v) is 15.0. The SMILES string of the molecule is Cc1cc(Br)cc(C)c1OCC(=O)N1CCCc2ccccc21. The van der Waals surface area contributed by atoms with E-state index in [1.54, 1.807) is 0 Å². The molecule has 2 aromatic rings. The highest BCUT2D eigenvalue weighted by Crippen LogP contribution is 2.29. The summed E-state index contributed by atoms with van der Waals surface area (Å²) in [6.45, 7) is 4.82. The first-order valence-corrected chi connectivity index (χ1v) is 8.63. The van der Waals surface area contributed by atoms with Crippen LogP contribution in [0.4, 0.5) is 5.69 Å². The highest BCUT2D eigenvalue weighted by molar-refractivity contribution is 9.10. The summed E-state index contributed by atoms with van der Waals surface area (Å²) in [6, 6.07) is 12.1. The van der Waals surface area contributed by atoms with E-state index in [0.29, 0.717) is 0 Å². The van der Waals surface area contributed by atoms with E-state index < -0.39 is 0 Å². The molecule has 1 aliphatic rings. The third-order valence-corrected chi connectivity index (χ3v) is 4.63. The quantitative estimate of drug-likeness (QED) is 0.796. The molecule has 0 aromatic heterocycles. The van der Waals surface area contributed by atoms with Gasteiger partial charge in [0.25, 0.3) is 5.91 Å². The molecule has 0 bridgehead atoms. The molecule has 1 aliphatic heterocycles. The second-order valence-electron chi connectivity index (χ2n) is 5.94. The summed E-state index contributed by atoms with van der Waals surface area (Å²) in [5, 5.41) is 0. The molecule has 0 spiro atoms. The zero-order chi connectivity index (χ0) is 16.4. The minimum absolute atomic E-state index is 0.0128. The number of hydrogen-bond donors (Lipinski definition) is 0. The molecule has 23 heavy (non-hydrogen) atoms. The fourth-order valence-corrected chi connectivity index (χ4v) is 3.82. The van der Waals surface area contributed by atoms with Gasteiger partial charge >= 0.3 is 0 Å². The molecule has 3 rings (SSSR count). The number of para-hydroxylation sites is 1. The Hall–Kier alpha value is -1.81. The Balaban J connectivity index is 1.74. The summed E-state index contributed by atoms with van der Waals surface area (Å²) in [6.07, 6.45) is 2.03. The van der Waals surface area contributed by atoms with Crippen molar-refractivity contribution in [3.63, 3.8) is 0 Å². The lowest BCUT2D eigenvalue weighted by molar-refractivity contribution is -0.120. The van der Waals surface area contributed by atoms with Crippen molar-refractivity contribution < 1.29 is 9.53 Å². The lowest BCUT2D eigenvalue weighted by Crippen LogP contribution is -2.38. The van der Waals surface area contributed by atoms with Gasteiger partial charge in [0.2, 0.25) is 0 Å². The Morgan fingerprint density at radius 2 is 1.91 bits per heavy atom. The molecule has 0 saturated carbocycles. The van der Waals surface area contributed by atoms with Crippen molar-refractivity contribution in [2.24, 2.45) is 0 Å². The lowest BCUT2D eigenvalue weighted by atomic mass is 10.0. The van der Waals surface area contributed by atoms with Crippen molar-refractivity contribution in [2.75, 3.05) is 18.1 Å². The second kappa shape index (κ2) is 6.75. The van der Waals surface area contributed by atoms with Gasteiger partial charge < -0.3 is 9.64 Å². The summed E-state index contributed by atoms with van der Waals surface area (Å²) < 4.78 is 6.86. The Kier molecular flexibility index (Phi) is 4.71. The summed E-state index contributed by atoms with van der Waals surface area (Å²) in [7, 11) is 0. The number of amides is 1. The van der Waals surface area contributed by atoms with Crippen LogP contribution >= 0.6 is 15.9 Å². The van der Waals surface area contributed by atoms with Crippen LogP contribution in [0.2, 0.25) is 0 Å². The molecule has 120 valence electrons. The van der Waals surface area contributed by atoms with Crippen LogP contribution < -0.4 is 9.64 Å². The van der Waals surface area contributed by atoms with Crippen molar-refractivity contribution in [1.29, 1.82) is 0 Å². The van der Waals surface area contributed by atoms with E-state index in [2.05, 4.69) is 22.0 Å². The number of hydrogen-bond acceptors (Lipinski definition) is 2. The van der Waals surface area contributed by atoms with Crippen LogP contribution in [0.3, 0.4) is 0 Å². The summed E-state index contributed by atoms with van der Waals surface area (Å²) >= 11 is 3.48. The fourth-order valence-electron chi connectivity index (χ4n) is 3.13. The van der Waals surface area contributed by atoms with Crippen LogP contribution in [0.15, 0.2) is 40.9 Å². The number of anilines is 1. The fraction of sp³-hybridized carbons (Fsp3) is 0.316. The first-order valence-electron chi connectivity index (χ1n) is 7.84. The third-order valence-electron chi connectivity index (χ3n) is 4.18. The monoisotopic (exact) mass is 373 g/mol. The van der Waals surface area contributed by atoms with Crippen LogP contribution in [0.1, 0.15) is 23.1 Å². The van der Waals surface area contributed by atoms with E-state index in [9.17, 15) is 4.79 Å². The Morgan fingerprint density at radius 1 is 1.22 bits per heavy atom. The van der Waals surface area contributed by atoms with Crippen molar-refractivity contribution >= 4 is 27.5 Å². The third kappa shape index (κ3) is 3.42. The van der Waals surface area contributed by atoms with Crippen LogP contribution in [0, 0.1) is 13.8 Å². The number of rotatable bonds is 3. The molecule has 3 nitrogen and oxygen atoms in total. The van der Waals surface area contributed by atoms with Gasteiger partial charge in [-0.15, -0.1) is 0 Å². The predicted octanol–water partition coefficient (Wildman–Crippen LogP) is 4.42. The topological polar surface area (TPSA) is 29.5 Å². The molecule has 0 aliphatic carbocycles. The van der Waals surface area contributed by atoms with Gasteiger partial charge in [-0.2, -0.15) is 0 Å². The van der Waals surface area contributed by atoms with Gasteiger partial charge in [-0.1, -0.05) is 34.1 Å². The van der Waals surface area contributed by atoms with Crippen LogP contribution in [-0.4, -0.2) is 19.1 Å². The summed E-state index contributed by atoms with van der Waals surface area (Å²) in [5.41, 5.74) is 4.33. The largest absolute Gasteiger partial charge is 0.483 e. The number of aryl methyl sites for hydroxylation is 3. The number of nitrogens with zero attached hydrogens (tertiary/aromatic N) is 1. The van der Waals surface area contributed by atoms with Gasteiger partial charge in [0.1, 0.15) is 5.75 Å². The van der Waals surface area contributed by atoms with Gasteiger partial charge in [0.05, 0.1) is 0 Å². The number of halogens is 1. The van der Waals surface area contributed by atoms with Gasteiger partial charge in [-0.25, -0.2) is 0 Å². The second-order valence-corrected chi connectivity index (χ2v) is 6.85. The minimum atomic E-state index is 0.0128. The highest BCUT2D eigenvalue weighted by Gasteiger charge is 2.22. The summed E-state index contributed by atoms with van der Waals surface area (Å²) in [5.74, 6) is 0.811. The lowest BCUT2D eigenvalue weighted by Gasteiger charge is -2.29. The van der Waals surface area contributed by atoms with Gasteiger partial charge in [-0.3, -0.25) is 4.79 Å². The summed E-state index contributed by atoms with van der Waals surface area (Å²) in [4.78, 5) is 14.5. The smallest absolute Gasteiger partial charge is 0.264 e. The number of carbonyl (C=O) groups is 1. The molecular weight excluding hydrogens is 354 g/mol. The van der Waals surface area contributed by atoms with E-state index in [1.807, 2.05) is 49.1 Å².